The van der Waals surface area contributed by atoms with Gasteiger partial charge in [0.05, 0.1) is 16.6 Å². The summed E-state index contributed by atoms with van der Waals surface area (Å²) in [6.07, 6.45) is 0.621. The molecule has 0 bridgehead atoms. The maximum absolute atomic E-state index is 14.0. The smallest absolute Gasteiger partial charge is 0.227 e. The standard InChI is InChI=1S/C21H20ClFN2O4/c22-15-9-13(10-18-20(15)29-8-7-28-18)5-6-24-21(27)14-11-19(26)25(12-14)17-4-2-1-3-16(17)23/h1-4,9-10,14H,5-8,11-12H2,(H,24,27). The first-order chi connectivity index (χ1) is 14.0. The van der Waals surface area contributed by atoms with Gasteiger partial charge in [-0.3, -0.25) is 9.59 Å². The molecule has 0 radical (unpaired) electrons. The van der Waals surface area contributed by atoms with Crippen LogP contribution in [-0.2, 0) is 16.0 Å². The van der Waals surface area contributed by atoms with E-state index in [1.807, 2.05) is 6.07 Å². The van der Waals surface area contributed by atoms with Crippen molar-refractivity contribution in [1.29, 1.82) is 0 Å². The predicted octanol–water partition coefficient (Wildman–Crippen LogP) is 2.96. The lowest BCUT2D eigenvalue weighted by atomic mass is 10.1. The van der Waals surface area contributed by atoms with Gasteiger partial charge in [0.2, 0.25) is 11.8 Å². The van der Waals surface area contributed by atoms with Gasteiger partial charge in [0.1, 0.15) is 19.0 Å². The van der Waals surface area contributed by atoms with Crippen LogP contribution in [0, 0.1) is 11.7 Å². The zero-order valence-corrected chi connectivity index (χ0v) is 16.4. The molecule has 2 aliphatic heterocycles. The van der Waals surface area contributed by atoms with Crippen LogP contribution >= 0.6 is 11.6 Å². The summed E-state index contributed by atoms with van der Waals surface area (Å²) in [6, 6.07) is 9.71. The van der Waals surface area contributed by atoms with Crippen LogP contribution in [-0.4, -0.2) is 38.1 Å². The third-order valence-corrected chi connectivity index (χ3v) is 5.29. The van der Waals surface area contributed by atoms with Crippen molar-refractivity contribution < 1.29 is 23.5 Å². The number of rotatable bonds is 5. The van der Waals surface area contributed by atoms with E-state index in [1.165, 1.54) is 11.0 Å². The number of nitrogens with zero attached hydrogens (tertiary/aromatic N) is 1. The molecule has 2 amide bonds. The van der Waals surface area contributed by atoms with Gasteiger partial charge in [0.15, 0.2) is 11.5 Å². The summed E-state index contributed by atoms with van der Waals surface area (Å²) < 4.78 is 25.0. The summed E-state index contributed by atoms with van der Waals surface area (Å²) in [5.41, 5.74) is 1.12. The Morgan fingerprint density at radius 3 is 2.86 bits per heavy atom. The van der Waals surface area contributed by atoms with Gasteiger partial charge in [-0.15, -0.1) is 0 Å². The van der Waals surface area contributed by atoms with Crippen molar-refractivity contribution in [2.75, 3.05) is 31.2 Å². The largest absolute Gasteiger partial charge is 0.486 e. The van der Waals surface area contributed by atoms with E-state index in [0.29, 0.717) is 42.7 Å². The number of carbonyl (C=O) groups excluding carboxylic acids is 2. The molecule has 1 atom stereocenters. The highest BCUT2D eigenvalue weighted by Crippen LogP contribution is 2.38. The van der Waals surface area contributed by atoms with Crippen molar-refractivity contribution in [2.24, 2.45) is 5.92 Å². The maximum atomic E-state index is 14.0. The van der Waals surface area contributed by atoms with Crippen LogP contribution in [0.4, 0.5) is 10.1 Å². The average molecular weight is 419 g/mol. The number of nitrogens with one attached hydrogen (secondary N) is 1. The molecule has 2 aliphatic rings. The lowest BCUT2D eigenvalue weighted by molar-refractivity contribution is -0.126. The number of fused-ring (bicyclic) bond motifs is 1. The molecule has 29 heavy (non-hydrogen) atoms. The van der Waals surface area contributed by atoms with Crippen molar-refractivity contribution in [3.8, 4) is 11.5 Å². The second-order valence-corrected chi connectivity index (χ2v) is 7.41. The fourth-order valence-electron chi connectivity index (χ4n) is 3.57. The number of amides is 2. The van der Waals surface area contributed by atoms with Gasteiger partial charge >= 0.3 is 0 Å². The van der Waals surface area contributed by atoms with Gasteiger partial charge < -0.3 is 19.7 Å². The van der Waals surface area contributed by atoms with E-state index in [9.17, 15) is 14.0 Å². The number of para-hydroxylation sites is 1. The third-order valence-electron chi connectivity index (χ3n) is 5.01. The summed E-state index contributed by atoms with van der Waals surface area (Å²) >= 11 is 6.23. The monoisotopic (exact) mass is 418 g/mol. The van der Waals surface area contributed by atoms with Gasteiger partial charge in [-0.1, -0.05) is 23.7 Å². The first-order valence-corrected chi connectivity index (χ1v) is 9.81. The minimum Gasteiger partial charge on any atom is -0.486 e. The van der Waals surface area contributed by atoms with Crippen molar-refractivity contribution in [2.45, 2.75) is 12.8 Å². The Morgan fingerprint density at radius 2 is 2.03 bits per heavy atom. The maximum Gasteiger partial charge on any atom is 0.227 e. The molecule has 4 rings (SSSR count). The molecule has 0 aliphatic carbocycles. The minimum absolute atomic E-state index is 0.0655. The van der Waals surface area contributed by atoms with Gasteiger partial charge in [-0.25, -0.2) is 4.39 Å². The van der Waals surface area contributed by atoms with Crippen LogP contribution in [0.2, 0.25) is 5.02 Å². The molecule has 1 N–H and O–H groups in total. The molecule has 8 heteroatoms. The lowest BCUT2D eigenvalue weighted by Crippen LogP contribution is -2.34. The second-order valence-electron chi connectivity index (χ2n) is 7.00. The van der Waals surface area contributed by atoms with E-state index in [4.69, 9.17) is 21.1 Å². The average Bonchev–Trinajstić information content (AvgIpc) is 3.10. The quantitative estimate of drug-likeness (QED) is 0.810. The molecule has 0 saturated carbocycles. The summed E-state index contributed by atoms with van der Waals surface area (Å²) in [4.78, 5) is 26.1. The third kappa shape index (κ3) is 4.15. The Morgan fingerprint density at radius 1 is 1.24 bits per heavy atom. The van der Waals surface area contributed by atoms with E-state index in [2.05, 4.69) is 5.32 Å². The highest BCUT2D eigenvalue weighted by Gasteiger charge is 2.35. The van der Waals surface area contributed by atoms with Crippen LogP contribution < -0.4 is 19.7 Å². The van der Waals surface area contributed by atoms with Crippen LogP contribution in [0.25, 0.3) is 0 Å². The number of hydrogen-bond donors (Lipinski definition) is 1. The van der Waals surface area contributed by atoms with Crippen LogP contribution in [0.5, 0.6) is 11.5 Å². The Labute approximate surface area is 172 Å². The molecular weight excluding hydrogens is 399 g/mol. The highest BCUT2D eigenvalue weighted by atomic mass is 35.5. The van der Waals surface area contributed by atoms with Gasteiger partial charge in [0.25, 0.3) is 0 Å². The van der Waals surface area contributed by atoms with Crippen molar-refractivity contribution >= 4 is 29.1 Å². The predicted molar refractivity (Wildman–Crippen MR) is 106 cm³/mol. The van der Waals surface area contributed by atoms with Crippen molar-refractivity contribution in [3.05, 3.63) is 52.8 Å². The molecule has 0 spiro atoms. The number of hydrogen-bond acceptors (Lipinski definition) is 4. The van der Waals surface area contributed by atoms with Gasteiger partial charge in [-0.05, 0) is 36.2 Å². The van der Waals surface area contributed by atoms with Crippen molar-refractivity contribution in [1.82, 2.24) is 5.32 Å². The first kappa shape index (κ1) is 19.5. The molecule has 0 aromatic heterocycles. The van der Waals surface area contributed by atoms with Crippen LogP contribution in [0.3, 0.4) is 0 Å². The minimum atomic E-state index is -0.508. The molecule has 1 saturated heterocycles. The molecular formula is C21H20ClFN2O4. The number of anilines is 1. The Hall–Kier alpha value is -2.80. The number of carbonyl (C=O) groups is 2. The normalized spacial score (nSPS) is 18.1. The molecule has 2 aromatic rings. The Kier molecular flexibility index (Phi) is 5.58. The second kappa shape index (κ2) is 8.29. The van der Waals surface area contributed by atoms with E-state index in [-0.39, 0.29) is 30.5 Å². The van der Waals surface area contributed by atoms with E-state index < -0.39 is 11.7 Å². The fourth-order valence-corrected chi connectivity index (χ4v) is 3.86. The van der Waals surface area contributed by atoms with Crippen LogP contribution in [0.1, 0.15) is 12.0 Å². The Balaban J connectivity index is 1.33. The summed E-state index contributed by atoms with van der Waals surface area (Å²) in [5.74, 6) is -0.312. The lowest BCUT2D eigenvalue weighted by Gasteiger charge is -2.20. The molecule has 152 valence electrons. The summed E-state index contributed by atoms with van der Waals surface area (Å²) in [6.45, 7) is 1.49. The van der Waals surface area contributed by atoms with E-state index in [0.717, 1.165) is 5.56 Å². The van der Waals surface area contributed by atoms with Gasteiger partial charge in [0, 0.05) is 19.5 Å². The molecule has 2 aromatic carbocycles. The van der Waals surface area contributed by atoms with E-state index >= 15 is 0 Å². The SMILES string of the molecule is O=C(NCCc1cc(Cl)c2c(c1)OCCO2)C1CC(=O)N(c2ccccc2F)C1. The number of ether oxygens (including phenoxy) is 2. The van der Waals surface area contributed by atoms with Gasteiger partial charge in [-0.2, -0.15) is 0 Å². The zero-order chi connectivity index (χ0) is 20.4. The molecule has 1 unspecified atom stereocenters. The first-order valence-electron chi connectivity index (χ1n) is 9.43. The Bertz CT molecular complexity index is 952. The van der Waals surface area contributed by atoms with E-state index in [1.54, 1.807) is 24.3 Å². The summed E-state index contributed by atoms with van der Waals surface area (Å²) in [7, 11) is 0. The highest BCUT2D eigenvalue weighted by molar-refractivity contribution is 6.32. The number of benzene rings is 2. The molecule has 6 nitrogen and oxygen atoms in total. The zero-order valence-electron chi connectivity index (χ0n) is 15.6. The molecule has 1 fully saturated rings. The topological polar surface area (TPSA) is 67.9 Å². The van der Waals surface area contributed by atoms with Crippen molar-refractivity contribution in [3.63, 3.8) is 0 Å². The fraction of sp³-hybridized carbons (Fsp3) is 0.333. The number of halogens is 2. The molecule has 2 heterocycles. The summed E-state index contributed by atoms with van der Waals surface area (Å²) in [5, 5.41) is 3.33. The van der Waals surface area contributed by atoms with Crippen LogP contribution in [0.15, 0.2) is 36.4 Å².